The molecule has 0 saturated carbocycles. The van der Waals surface area contributed by atoms with E-state index in [1.807, 2.05) is 30.5 Å². The van der Waals surface area contributed by atoms with Gasteiger partial charge in [0.25, 0.3) is 5.91 Å². The van der Waals surface area contributed by atoms with Crippen molar-refractivity contribution in [3.63, 3.8) is 0 Å². The summed E-state index contributed by atoms with van der Waals surface area (Å²) < 4.78 is 7.41. The maximum absolute atomic E-state index is 13.2. The molecule has 10 heteroatoms. The number of fused-ring (bicyclic) bond motifs is 1. The zero-order valence-electron chi connectivity index (χ0n) is 20.4. The molecule has 4 rings (SSSR count). The summed E-state index contributed by atoms with van der Waals surface area (Å²) in [7, 11) is 1.53. The molecule has 35 heavy (non-hydrogen) atoms. The second-order valence-corrected chi connectivity index (χ2v) is 8.96. The number of ether oxygens (including phenoxy) is 1. The van der Waals surface area contributed by atoms with Gasteiger partial charge in [-0.2, -0.15) is 0 Å². The van der Waals surface area contributed by atoms with Crippen molar-refractivity contribution in [3.8, 4) is 17.3 Å². The molecule has 2 amide bonds. The lowest BCUT2D eigenvalue weighted by molar-refractivity contribution is -0.133. The first-order valence-electron chi connectivity index (χ1n) is 11.6. The fourth-order valence-electron chi connectivity index (χ4n) is 4.14. The van der Waals surface area contributed by atoms with Crippen molar-refractivity contribution >= 4 is 17.6 Å². The molecule has 0 radical (unpaired) electrons. The minimum Gasteiger partial charge on any atom is -0.496 e. The van der Waals surface area contributed by atoms with E-state index in [4.69, 9.17) is 4.74 Å². The standard InChI is InChI=1S/C25H30N6O4/c1-15(2)31-14-26-29-24(31)20-6-5-7-22(27-20)28-25(34)19-11-18-13-30(23(33)10-16(3)32)9-8-17(18)12-21(19)35-4/h5-7,11-12,14-16,32H,8-10,13H2,1-4H3,(H,27,28,34)/t16-/m0/s1. The topological polar surface area (TPSA) is 122 Å². The van der Waals surface area contributed by atoms with Gasteiger partial charge in [0, 0.05) is 19.1 Å². The normalized spacial score (nSPS) is 13.9. The molecule has 2 aromatic heterocycles. The van der Waals surface area contributed by atoms with Crippen LogP contribution in [-0.2, 0) is 17.8 Å². The van der Waals surface area contributed by atoms with Crippen molar-refractivity contribution < 1.29 is 19.4 Å². The van der Waals surface area contributed by atoms with E-state index in [2.05, 4.69) is 20.5 Å². The number of rotatable bonds is 7. The van der Waals surface area contributed by atoms with Crippen LogP contribution in [0.25, 0.3) is 11.5 Å². The monoisotopic (exact) mass is 478 g/mol. The molecule has 0 unspecified atom stereocenters. The smallest absolute Gasteiger partial charge is 0.260 e. The molecule has 0 fully saturated rings. The summed E-state index contributed by atoms with van der Waals surface area (Å²) in [6, 6.07) is 9.11. The van der Waals surface area contributed by atoms with Gasteiger partial charge in [-0.1, -0.05) is 6.07 Å². The number of carbonyl (C=O) groups excluding carboxylic acids is 2. The number of hydrogen-bond acceptors (Lipinski definition) is 7. The van der Waals surface area contributed by atoms with Crippen molar-refractivity contribution in [3.05, 3.63) is 53.3 Å². The predicted molar refractivity (Wildman–Crippen MR) is 130 cm³/mol. The van der Waals surface area contributed by atoms with Gasteiger partial charge in [0.1, 0.15) is 23.6 Å². The van der Waals surface area contributed by atoms with E-state index in [0.29, 0.717) is 48.2 Å². The Morgan fingerprint density at radius 2 is 2.00 bits per heavy atom. The van der Waals surface area contributed by atoms with Gasteiger partial charge in [0.2, 0.25) is 5.91 Å². The number of hydrogen-bond donors (Lipinski definition) is 2. The van der Waals surface area contributed by atoms with Gasteiger partial charge in [0.15, 0.2) is 5.82 Å². The lowest BCUT2D eigenvalue weighted by atomic mass is 9.95. The molecule has 1 aliphatic rings. The van der Waals surface area contributed by atoms with Crippen LogP contribution < -0.4 is 10.1 Å². The van der Waals surface area contributed by atoms with Crippen LogP contribution in [0.5, 0.6) is 5.75 Å². The Morgan fingerprint density at radius 1 is 1.20 bits per heavy atom. The summed E-state index contributed by atoms with van der Waals surface area (Å²) in [4.78, 5) is 31.9. The Balaban J connectivity index is 1.57. The molecule has 3 aromatic rings. The first-order chi connectivity index (χ1) is 16.8. The van der Waals surface area contributed by atoms with Crippen LogP contribution in [-0.4, -0.2) is 61.3 Å². The zero-order valence-corrected chi connectivity index (χ0v) is 20.4. The second kappa shape index (κ2) is 10.2. The van der Waals surface area contributed by atoms with Gasteiger partial charge in [-0.25, -0.2) is 4.98 Å². The number of aromatic nitrogens is 4. The summed E-state index contributed by atoms with van der Waals surface area (Å²) in [5.74, 6) is 0.972. The van der Waals surface area contributed by atoms with Gasteiger partial charge in [0.05, 0.1) is 25.2 Å². The van der Waals surface area contributed by atoms with Crippen LogP contribution in [0.2, 0.25) is 0 Å². The van der Waals surface area contributed by atoms with Crippen LogP contribution in [0.1, 0.15) is 54.7 Å². The number of methoxy groups -OCH3 is 1. The third-order valence-corrected chi connectivity index (χ3v) is 5.95. The molecule has 1 aromatic carbocycles. The van der Waals surface area contributed by atoms with Crippen molar-refractivity contribution in [1.82, 2.24) is 24.6 Å². The highest BCUT2D eigenvalue weighted by atomic mass is 16.5. The zero-order chi connectivity index (χ0) is 25.1. The number of aliphatic hydroxyl groups is 1. The molecule has 1 atom stereocenters. The van der Waals surface area contributed by atoms with Crippen molar-refractivity contribution in [2.45, 2.75) is 52.3 Å². The van der Waals surface area contributed by atoms with E-state index < -0.39 is 6.10 Å². The Morgan fingerprint density at radius 3 is 2.71 bits per heavy atom. The third-order valence-electron chi connectivity index (χ3n) is 5.95. The number of nitrogens with zero attached hydrogens (tertiary/aromatic N) is 5. The fourth-order valence-corrected chi connectivity index (χ4v) is 4.14. The van der Waals surface area contributed by atoms with Crippen LogP contribution in [0, 0.1) is 0 Å². The Kier molecular flexibility index (Phi) is 7.11. The minimum absolute atomic E-state index is 0.0748. The maximum Gasteiger partial charge on any atom is 0.260 e. The molecule has 0 spiro atoms. The Bertz CT molecular complexity index is 1240. The fraction of sp³-hybridized carbons (Fsp3) is 0.400. The highest BCUT2D eigenvalue weighted by Crippen LogP contribution is 2.29. The number of nitrogens with one attached hydrogen (secondary N) is 1. The van der Waals surface area contributed by atoms with Crippen LogP contribution in [0.3, 0.4) is 0 Å². The predicted octanol–water partition coefficient (Wildman–Crippen LogP) is 2.84. The highest BCUT2D eigenvalue weighted by Gasteiger charge is 2.25. The number of anilines is 1. The molecular weight excluding hydrogens is 448 g/mol. The van der Waals surface area contributed by atoms with Gasteiger partial charge in [-0.15, -0.1) is 10.2 Å². The molecule has 2 N–H and O–H groups in total. The quantitative estimate of drug-likeness (QED) is 0.535. The molecule has 184 valence electrons. The Labute approximate surface area is 204 Å². The minimum atomic E-state index is -0.696. The number of benzene rings is 1. The van der Waals surface area contributed by atoms with E-state index in [0.717, 1.165) is 11.1 Å². The van der Waals surface area contributed by atoms with Gasteiger partial charge < -0.3 is 24.6 Å². The first kappa shape index (κ1) is 24.3. The average Bonchev–Trinajstić information content (AvgIpc) is 3.33. The summed E-state index contributed by atoms with van der Waals surface area (Å²) in [6.45, 7) is 6.59. The molecule has 0 aliphatic carbocycles. The summed E-state index contributed by atoms with van der Waals surface area (Å²) in [5.41, 5.74) is 2.87. The molecule has 1 aliphatic heterocycles. The average molecular weight is 479 g/mol. The van der Waals surface area contributed by atoms with Gasteiger partial charge in [-0.3, -0.25) is 9.59 Å². The van der Waals surface area contributed by atoms with Gasteiger partial charge >= 0.3 is 0 Å². The van der Waals surface area contributed by atoms with Crippen LogP contribution in [0.4, 0.5) is 5.82 Å². The molecule has 0 bridgehead atoms. The lowest BCUT2D eigenvalue weighted by Gasteiger charge is -2.30. The van der Waals surface area contributed by atoms with E-state index in [-0.39, 0.29) is 24.3 Å². The third kappa shape index (κ3) is 5.32. The van der Waals surface area contributed by atoms with E-state index in [9.17, 15) is 14.7 Å². The molecular formula is C25H30N6O4. The van der Waals surface area contributed by atoms with E-state index in [1.165, 1.54) is 7.11 Å². The number of amides is 2. The molecule has 0 saturated heterocycles. The summed E-state index contributed by atoms with van der Waals surface area (Å²) in [6.07, 6.45) is 1.68. The highest BCUT2D eigenvalue weighted by molar-refractivity contribution is 6.06. The maximum atomic E-state index is 13.2. The lowest BCUT2D eigenvalue weighted by Crippen LogP contribution is -2.37. The van der Waals surface area contributed by atoms with Crippen molar-refractivity contribution in [2.24, 2.45) is 0 Å². The molecule has 3 heterocycles. The van der Waals surface area contributed by atoms with Gasteiger partial charge in [-0.05, 0) is 62.6 Å². The van der Waals surface area contributed by atoms with E-state index in [1.54, 1.807) is 36.4 Å². The molecule has 10 nitrogen and oxygen atoms in total. The first-order valence-corrected chi connectivity index (χ1v) is 11.6. The van der Waals surface area contributed by atoms with Crippen LogP contribution in [0.15, 0.2) is 36.7 Å². The van der Waals surface area contributed by atoms with Crippen molar-refractivity contribution in [2.75, 3.05) is 19.0 Å². The number of aliphatic hydroxyl groups excluding tert-OH is 1. The summed E-state index contributed by atoms with van der Waals surface area (Å²) in [5, 5.41) is 20.6. The SMILES string of the molecule is COc1cc2c(cc1C(=O)Nc1cccc(-c3nncn3C(C)C)n1)CN(C(=O)C[C@H](C)O)CC2. The number of carbonyl (C=O) groups is 2. The van der Waals surface area contributed by atoms with Crippen molar-refractivity contribution in [1.29, 1.82) is 0 Å². The second-order valence-electron chi connectivity index (χ2n) is 8.96. The van der Waals surface area contributed by atoms with Crippen LogP contribution >= 0.6 is 0 Å². The Hall–Kier alpha value is -3.79. The number of pyridine rings is 1. The summed E-state index contributed by atoms with van der Waals surface area (Å²) >= 11 is 0. The largest absolute Gasteiger partial charge is 0.496 e. The van der Waals surface area contributed by atoms with E-state index >= 15 is 0 Å².